The summed E-state index contributed by atoms with van der Waals surface area (Å²) in [6, 6.07) is 0. The number of hydrogen-bond donors (Lipinski definition) is 0. The van der Waals surface area contributed by atoms with Gasteiger partial charge in [-0.1, -0.05) is 6.73 Å². The van der Waals surface area contributed by atoms with Gasteiger partial charge in [0.05, 0.1) is 0 Å². The molecule has 0 aromatic carbocycles. The first-order chi connectivity index (χ1) is 4.35. The molecule has 0 spiro atoms. The van der Waals surface area contributed by atoms with E-state index >= 15 is 0 Å². The Morgan fingerprint density at radius 3 is 1.70 bits per heavy atom. The van der Waals surface area contributed by atoms with Gasteiger partial charge in [0.2, 0.25) is 0 Å². The van der Waals surface area contributed by atoms with E-state index in [0.29, 0.717) is 24.8 Å². The topological polar surface area (TPSA) is 26.3 Å². The first kappa shape index (κ1) is 14.6. The van der Waals surface area contributed by atoms with Gasteiger partial charge in [-0.05, 0) is 0 Å². The monoisotopic (exact) mass is 209 g/mol. The summed E-state index contributed by atoms with van der Waals surface area (Å²) in [6.45, 7) is 1.06. The van der Waals surface area contributed by atoms with Crippen molar-refractivity contribution in [2.75, 3.05) is 31.6 Å². The molecule has 0 unspecified atom stereocenters. The zero-order valence-electron chi connectivity index (χ0n) is 6.15. The molecule has 0 aromatic rings. The summed E-state index contributed by atoms with van der Waals surface area (Å²) in [6.07, 6.45) is 0. The number of alkyl halides is 2. The first-order valence-electron chi connectivity index (χ1n) is 2.77. The molecule has 0 aliphatic heterocycles. The van der Waals surface area contributed by atoms with Gasteiger partial charge in [-0.2, -0.15) is 0 Å². The second-order valence-corrected chi connectivity index (χ2v) is 2.38. The van der Waals surface area contributed by atoms with Gasteiger partial charge in [0.15, 0.2) is 0 Å². The standard InChI is InChI=1S/C5H10Cl2NO.K/c6-1-3-8(5-9)4-2-7;/h1-5H2;/q-1;+1. The van der Waals surface area contributed by atoms with Crippen LogP contribution >= 0.6 is 23.2 Å². The van der Waals surface area contributed by atoms with E-state index in [1.54, 1.807) is 4.90 Å². The Morgan fingerprint density at radius 1 is 1.10 bits per heavy atom. The smallest absolute Gasteiger partial charge is 0.843 e. The van der Waals surface area contributed by atoms with Crippen LogP contribution in [0.3, 0.4) is 0 Å². The molecule has 5 heteroatoms. The van der Waals surface area contributed by atoms with Crippen LogP contribution in [-0.2, 0) is 0 Å². The van der Waals surface area contributed by atoms with Crippen LogP contribution in [-0.4, -0.2) is 36.5 Å². The van der Waals surface area contributed by atoms with Gasteiger partial charge >= 0.3 is 51.4 Å². The van der Waals surface area contributed by atoms with Crippen LogP contribution in [0.25, 0.3) is 0 Å². The molecule has 0 fully saturated rings. The van der Waals surface area contributed by atoms with Gasteiger partial charge in [-0.15, -0.1) is 23.2 Å². The first-order valence-corrected chi connectivity index (χ1v) is 3.84. The molecule has 0 aliphatic rings. The van der Waals surface area contributed by atoms with Crippen LogP contribution < -0.4 is 56.5 Å². The summed E-state index contributed by atoms with van der Waals surface area (Å²) in [5, 5.41) is 10.2. The minimum Gasteiger partial charge on any atom is -0.843 e. The van der Waals surface area contributed by atoms with Gasteiger partial charge in [0, 0.05) is 24.8 Å². The zero-order valence-corrected chi connectivity index (χ0v) is 10.8. The molecule has 0 N–H and O–H groups in total. The predicted molar refractivity (Wildman–Crippen MR) is 37.9 cm³/mol. The maximum absolute atomic E-state index is 10.2. The fraction of sp³-hybridized carbons (Fsp3) is 1.00. The Kier molecular flexibility index (Phi) is 16.3. The quantitative estimate of drug-likeness (QED) is 0.276. The number of nitrogens with zero attached hydrogens (tertiary/aromatic N) is 1. The Hall–Kier alpha value is 2.14. The van der Waals surface area contributed by atoms with E-state index in [9.17, 15) is 5.11 Å². The second-order valence-electron chi connectivity index (χ2n) is 1.63. The minimum absolute atomic E-state index is 0. The third-order valence-corrected chi connectivity index (χ3v) is 1.32. The summed E-state index contributed by atoms with van der Waals surface area (Å²) >= 11 is 10.8. The fourth-order valence-electron chi connectivity index (χ4n) is 0.480. The van der Waals surface area contributed by atoms with Gasteiger partial charge in [-0.25, -0.2) is 0 Å². The third-order valence-electron chi connectivity index (χ3n) is 0.984. The summed E-state index contributed by atoms with van der Waals surface area (Å²) in [4.78, 5) is 1.67. The van der Waals surface area contributed by atoms with Crippen molar-refractivity contribution in [3.8, 4) is 0 Å². The van der Waals surface area contributed by atoms with Crippen LogP contribution in [0.4, 0.5) is 0 Å². The van der Waals surface area contributed by atoms with Crippen LogP contribution in [0, 0.1) is 0 Å². The summed E-state index contributed by atoms with van der Waals surface area (Å²) in [7, 11) is 0. The van der Waals surface area contributed by atoms with Crippen LogP contribution in [0.2, 0.25) is 0 Å². The number of rotatable bonds is 5. The number of halogens is 2. The van der Waals surface area contributed by atoms with E-state index in [2.05, 4.69) is 0 Å². The van der Waals surface area contributed by atoms with Crippen molar-refractivity contribution < 1.29 is 56.5 Å². The molecule has 0 heterocycles. The van der Waals surface area contributed by atoms with Crippen LogP contribution in [0.15, 0.2) is 0 Å². The van der Waals surface area contributed by atoms with Gasteiger partial charge in [0.1, 0.15) is 0 Å². The van der Waals surface area contributed by atoms with E-state index in [4.69, 9.17) is 23.2 Å². The van der Waals surface area contributed by atoms with E-state index in [0.717, 1.165) is 0 Å². The largest absolute Gasteiger partial charge is 1.00 e. The Bertz CT molecular complexity index is 61.6. The van der Waals surface area contributed by atoms with Crippen LogP contribution in [0.5, 0.6) is 0 Å². The minimum atomic E-state index is -0.209. The van der Waals surface area contributed by atoms with Crippen molar-refractivity contribution in [2.24, 2.45) is 0 Å². The van der Waals surface area contributed by atoms with E-state index in [1.165, 1.54) is 0 Å². The fourth-order valence-corrected chi connectivity index (χ4v) is 0.958. The van der Waals surface area contributed by atoms with Crippen LogP contribution in [0.1, 0.15) is 0 Å². The Morgan fingerprint density at radius 2 is 1.50 bits per heavy atom. The van der Waals surface area contributed by atoms with Crippen molar-refractivity contribution in [1.82, 2.24) is 4.90 Å². The molecule has 0 radical (unpaired) electrons. The van der Waals surface area contributed by atoms with E-state index in [1.807, 2.05) is 0 Å². The van der Waals surface area contributed by atoms with E-state index in [-0.39, 0.29) is 58.1 Å². The van der Waals surface area contributed by atoms with Crippen molar-refractivity contribution in [2.45, 2.75) is 0 Å². The molecule has 0 aromatic heterocycles. The third kappa shape index (κ3) is 8.24. The molecule has 0 saturated carbocycles. The predicted octanol–water partition coefficient (Wildman–Crippen LogP) is -2.91. The second kappa shape index (κ2) is 11.1. The molecule has 56 valence electrons. The van der Waals surface area contributed by atoms with Crippen molar-refractivity contribution >= 4 is 23.2 Å². The molecular weight excluding hydrogens is 200 g/mol. The molecular formula is C5H10Cl2KNO. The number of hydrogen-bond acceptors (Lipinski definition) is 2. The molecule has 10 heavy (non-hydrogen) atoms. The maximum atomic E-state index is 10.2. The normalized spacial score (nSPS) is 9.60. The van der Waals surface area contributed by atoms with Crippen molar-refractivity contribution in [3.05, 3.63) is 0 Å². The van der Waals surface area contributed by atoms with Crippen molar-refractivity contribution in [3.63, 3.8) is 0 Å². The van der Waals surface area contributed by atoms with Gasteiger partial charge in [-0.3, -0.25) is 0 Å². The van der Waals surface area contributed by atoms with Gasteiger partial charge < -0.3 is 10.0 Å². The van der Waals surface area contributed by atoms with Gasteiger partial charge in [0.25, 0.3) is 0 Å². The summed E-state index contributed by atoms with van der Waals surface area (Å²) < 4.78 is 0. The average molecular weight is 210 g/mol. The maximum Gasteiger partial charge on any atom is 1.00 e. The molecule has 0 saturated heterocycles. The summed E-state index contributed by atoms with van der Waals surface area (Å²) in [5.41, 5.74) is 0. The molecule has 0 bridgehead atoms. The SMILES string of the molecule is [K+].[O-]CN(CCCl)CCCl. The van der Waals surface area contributed by atoms with Crippen molar-refractivity contribution in [1.29, 1.82) is 0 Å². The molecule has 2 nitrogen and oxygen atoms in total. The molecule has 0 aliphatic carbocycles. The molecule has 0 amide bonds. The average Bonchev–Trinajstić information content (AvgIpc) is 1.88. The zero-order chi connectivity index (χ0) is 7.11. The van der Waals surface area contributed by atoms with E-state index < -0.39 is 0 Å². The Balaban J connectivity index is 0. The summed E-state index contributed by atoms with van der Waals surface area (Å²) in [5.74, 6) is 0.998. The molecule has 0 atom stereocenters. The molecule has 0 rings (SSSR count). The Labute approximate surface area is 114 Å².